The molecule has 3 aromatic rings. The number of aromatic nitrogens is 1. The van der Waals surface area contributed by atoms with Crippen molar-refractivity contribution in [2.24, 2.45) is 0 Å². The summed E-state index contributed by atoms with van der Waals surface area (Å²) < 4.78 is 16.3. The fraction of sp³-hybridized carbons (Fsp3) is 0.227. The highest BCUT2D eigenvalue weighted by atomic mass is 32.2. The monoisotopic (exact) mass is 441 g/mol. The standard InChI is InChI=1S/C22H19NO5S2/c1-14-23-16(12-29-14)13-30-21-5-3-2-4-17(21)22(25)28-11-18(24)15-6-7-19-20(10-15)27-9-8-26-19/h2-7,10,12H,8-9,11,13H2,1H3. The molecule has 0 fully saturated rings. The zero-order valence-electron chi connectivity index (χ0n) is 16.3. The zero-order valence-corrected chi connectivity index (χ0v) is 17.9. The van der Waals surface area contributed by atoms with Gasteiger partial charge in [0.1, 0.15) is 13.2 Å². The van der Waals surface area contributed by atoms with Crippen LogP contribution in [-0.4, -0.2) is 36.6 Å². The number of aryl methyl sites for hydroxylation is 1. The third-order valence-corrected chi connectivity index (χ3v) is 6.28. The van der Waals surface area contributed by atoms with Gasteiger partial charge < -0.3 is 14.2 Å². The molecule has 0 bridgehead atoms. The number of esters is 1. The van der Waals surface area contributed by atoms with Crippen molar-refractivity contribution >= 4 is 34.9 Å². The van der Waals surface area contributed by atoms with Gasteiger partial charge in [-0.3, -0.25) is 4.79 Å². The lowest BCUT2D eigenvalue weighted by Gasteiger charge is -2.18. The fourth-order valence-electron chi connectivity index (χ4n) is 2.90. The smallest absolute Gasteiger partial charge is 0.339 e. The lowest BCUT2D eigenvalue weighted by Crippen LogP contribution is -2.17. The first-order chi connectivity index (χ1) is 14.6. The maximum atomic E-state index is 12.6. The molecule has 0 atom stereocenters. The summed E-state index contributed by atoms with van der Waals surface area (Å²) in [5, 5.41) is 3.02. The normalized spacial score (nSPS) is 12.4. The Balaban J connectivity index is 1.38. The van der Waals surface area contributed by atoms with E-state index in [0.29, 0.717) is 41.6 Å². The Hall–Kier alpha value is -2.84. The van der Waals surface area contributed by atoms with E-state index >= 15 is 0 Å². The molecule has 2 heterocycles. The van der Waals surface area contributed by atoms with Crippen LogP contribution in [0.2, 0.25) is 0 Å². The summed E-state index contributed by atoms with van der Waals surface area (Å²) in [6, 6.07) is 12.2. The van der Waals surface area contributed by atoms with Crippen molar-refractivity contribution in [3.05, 3.63) is 69.7 Å². The number of benzene rings is 2. The van der Waals surface area contributed by atoms with Crippen molar-refractivity contribution in [2.45, 2.75) is 17.6 Å². The topological polar surface area (TPSA) is 74.7 Å². The number of thioether (sulfide) groups is 1. The van der Waals surface area contributed by atoms with Gasteiger partial charge in [-0.25, -0.2) is 9.78 Å². The van der Waals surface area contributed by atoms with Crippen LogP contribution in [0.25, 0.3) is 0 Å². The minimum Gasteiger partial charge on any atom is -0.486 e. The van der Waals surface area contributed by atoms with Crippen LogP contribution in [0.1, 0.15) is 31.4 Å². The van der Waals surface area contributed by atoms with Gasteiger partial charge in [-0.2, -0.15) is 0 Å². The van der Waals surface area contributed by atoms with Crippen molar-refractivity contribution < 1.29 is 23.8 Å². The van der Waals surface area contributed by atoms with E-state index in [1.807, 2.05) is 24.4 Å². The first-order valence-corrected chi connectivity index (χ1v) is 11.2. The average Bonchev–Trinajstić information content (AvgIpc) is 3.20. The summed E-state index contributed by atoms with van der Waals surface area (Å²) in [7, 11) is 0. The second-order valence-corrected chi connectivity index (χ2v) is 8.58. The van der Waals surface area contributed by atoms with Gasteiger partial charge in [0, 0.05) is 21.6 Å². The highest BCUT2D eigenvalue weighted by Crippen LogP contribution is 2.31. The molecule has 1 aromatic heterocycles. The minimum atomic E-state index is -0.529. The maximum Gasteiger partial charge on any atom is 0.339 e. The van der Waals surface area contributed by atoms with E-state index in [9.17, 15) is 9.59 Å². The van der Waals surface area contributed by atoms with Gasteiger partial charge in [0.05, 0.1) is 16.3 Å². The Morgan fingerprint density at radius 3 is 2.73 bits per heavy atom. The molecule has 0 aliphatic carbocycles. The van der Waals surface area contributed by atoms with Crippen LogP contribution in [0.5, 0.6) is 11.5 Å². The van der Waals surface area contributed by atoms with Crippen LogP contribution in [0, 0.1) is 6.92 Å². The molecule has 0 N–H and O–H groups in total. The average molecular weight is 442 g/mol. The van der Waals surface area contributed by atoms with Gasteiger partial charge in [-0.05, 0) is 37.3 Å². The summed E-state index contributed by atoms with van der Waals surface area (Å²) in [5.74, 6) is 0.959. The van der Waals surface area contributed by atoms with E-state index in [2.05, 4.69) is 4.98 Å². The number of nitrogens with zero attached hydrogens (tertiary/aromatic N) is 1. The number of Topliss-reactive ketones (excluding diaryl/α,β-unsaturated/α-hetero) is 1. The van der Waals surface area contributed by atoms with Crippen LogP contribution < -0.4 is 9.47 Å². The number of hydrogen-bond donors (Lipinski definition) is 0. The molecule has 6 nitrogen and oxygen atoms in total. The Kier molecular flexibility index (Phi) is 6.35. The number of thiazole rings is 1. The van der Waals surface area contributed by atoms with Crippen molar-refractivity contribution in [2.75, 3.05) is 19.8 Å². The number of ketones is 1. The van der Waals surface area contributed by atoms with Gasteiger partial charge in [0.15, 0.2) is 23.9 Å². The summed E-state index contributed by atoms with van der Waals surface area (Å²) in [4.78, 5) is 30.3. The summed E-state index contributed by atoms with van der Waals surface area (Å²) in [6.07, 6.45) is 0. The van der Waals surface area contributed by atoms with Crippen molar-refractivity contribution in [1.29, 1.82) is 0 Å². The van der Waals surface area contributed by atoms with E-state index in [1.165, 1.54) is 11.8 Å². The largest absolute Gasteiger partial charge is 0.486 e. The molecule has 1 aliphatic rings. The minimum absolute atomic E-state index is 0.302. The maximum absolute atomic E-state index is 12.6. The molecule has 4 rings (SSSR count). The van der Waals surface area contributed by atoms with Gasteiger partial charge in [0.2, 0.25) is 0 Å². The van der Waals surface area contributed by atoms with Gasteiger partial charge in [0.25, 0.3) is 0 Å². The molecule has 0 spiro atoms. The number of fused-ring (bicyclic) bond motifs is 1. The summed E-state index contributed by atoms with van der Waals surface area (Å²) in [6.45, 7) is 2.54. The van der Waals surface area contributed by atoms with E-state index in [4.69, 9.17) is 14.2 Å². The Morgan fingerprint density at radius 2 is 1.93 bits per heavy atom. The van der Waals surface area contributed by atoms with Crippen LogP contribution >= 0.6 is 23.1 Å². The highest BCUT2D eigenvalue weighted by molar-refractivity contribution is 7.98. The second kappa shape index (κ2) is 9.32. The van der Waals surface area contributed by atoms with E-state index < -0.39 is 5.97 Å². The number of ether oxygens (including phenoxy) is 3. The molecule has 0 saturated heterocycles. The lowest BCUT2D eigenvalue weighted by molar-refractivity contribution is 0.0471. The summed E-state index contributed by atoms with van der Waals surface area (Å²) in [5.41, 5.74) is 1.82. The number of carbonyl (C=O) groups excluding carboxylic acids is 2. The van der Waals surface area contributed by atoms with Gasteiger partial charge in [-0.1, -0.05) is 12.1 Å². The highest BCUT2D eigenvalue weighted by Gasteiger charge is 2.18. The first-order valence-electron chi connectivity index (χ1n) is 9.33. The van der Waals surface area contributed by atoms with Crippen LogP contribution in [0.15, 0.2) is 52.7 Å². The summed E-state index contributed by atoms with van der Waals surface area (Å²) >= 11 is 3.11. The molecule has 0 saturated carbocycles. The number of hydrogen-bond acceptors (Lipinski definition) is 8. The SMILES string of the molecule is Cc1nc(CSc2ccccc2C(=O)OCC(=O)c2ccc3c(c2)OCCO3)cs1. The van der Waals surface area contributed by atoms with Crippen LogP contribution in [-0.2, 0) is 10.5 Å². The zero-order chi connectivity index (χ0) is 20.9. The Bertz CT molecular complexity index is 1080. The van der Waals surface area contributed by atoms with Crippen LogP contribution in [0.4, 0.5) is 0 Å². The quantitative estimate of drug-likeness (QED) is 0.302. The molecule has 0 radical (unpaired) electrons. The van der Waals surface area contributed by atoms with Gasteiger partial charge in [-0.15, -0.1) is 23.1 Å². The van der Waals surface area contributed by atoms with E-state index in [-0.39, 0.29) is 12.4 Å². The fourth-order valence-corrected chi connectivity index (χ4v) is 4.55. The molecule has 154 valence electrons. The lowest BCUT2D eigenvalue weighted by atomic mass is 10.1. The van der Waals surface area contributed by atoms with Crippen molar-refractivity contribution in [3.63, 3.8) is 0 Å². The first kappa shape index (κ1) is 20.4. The Morgan fingerprint density at radius 1 is 1.13 bits per heavy atom. The molecule has 30 heavy (non-hydrogen) atoms. The van der Waals surface area contributed by atoms with Crippen molar-refractivity contribution in [3.8, 4) is 11.5 Å². The third kappa shape index (κ3) is 4.83. The molecule has 8 heteroatoms. The molecule has 0 amide bonds. The second-order valence-electron chi connectivity index (χ2n) is 6.50. The van der Waals surface area contributed by atoms with E-state index in [1.54, 1.807) is 41.7 Å². The third-order valence-electron chi connectivity index (χ3n) is 4.35. The molecular formula is C22H19NO5S2. The van der Waals surface area contributed by atoms with Crippen molar-refractivity contribution in [1.82, 2.24) is 4.98 Å². The molecule has 0 unspecified atom stereocenters. The molecular weight excluding hydrogens is 422 g/mol. The predicted octanol–water partition coefficient (Wildman–Crippen LogP) is 4.55. The number of rotatable bonds is 7. The number of carbonyl (C=O) groups is 2. The van der Waals surface area contributed by atoms with Crippen LogP contribution in [0.3, 0.4) is 0 Å². The predicted molar refractivity (Wildman–Crippen MR) is 115 cm³/mol. The molecule has 1 aliphatic heterocycles. The van der Waals surface area contributed by atoms with E-state index in [0.717, 1.165) is 15.6 Å². The molecule has 2 aromatic carbocycles. The Labute approximate surface area is 182 Å². The van der Waals surface area contributed by atoms with Gasteiger partial charge >= 0.3 is 5.97 Å².